The molecule has 0 fully saturated rings. The van der Waals surface area contributed by atoms with E-state index < -0.39 is 5.97 Å². The van der Waals surface area contributed by atoms with Crippen LogP contribution in [0.25, 0.3) is 0 Å². The molecule has 0 atom stereocenters. The Morgan fingerprint density at radius 1 is 1.50 bits per heavy atom. The topological polar surface area (TPSA) is 49.3 Å². The zero-order valence-electron chi connectivity index (χ0n) is 9.25. The number of benzene rings is 1. The first-order valence-corrected chi connectivity index (χ1v) is 5.28. The fourth-order valence-electron chi connectivity index (χ4n) is 1.16. The summed E-state index contributed by atoms with van der Waals surface area (Å²) in [4.78, 5) is 10.7. The number of carboxylic acids is 1. The Morgan fingerprint density at radius 2 is 2.19 bits per heavy atom. The van der Waals surface area contributed by atoms with Crippen LogP contribution in [0.2, 0.25) is 5.02 Å². The van der Waals surface area contributed by atoms with Crippen molar-refractivity contribution in [1.29, 1.82) is 0 Å². The van der Waals surface area contributed by atoms with Crippen molar-refractivity contribution in [1.82, 2.24) is 0 Å². The highest BCUT2D eigenvalue weighted by Gasteiger charge is 2.05. The van der Waals surface area contributed by atoms with Crippen LogP contribution in [0, 0.1) is 0 Å². The molecule has 0 saturated heterocycles. The van der Waals surface area contributed by atoms with Gasteiger partial charge in [-0.3, -0.25) is 0 Å². The summed E-state index contributed by atoms with van der Waals surface area (Å²) in [5.41, 5.74) is 2.15. The summed E-state index contributed by atoms with van der Waals surface area (Å²) >= 11 is 5.94. The van der Waals surface area contributed by atoms with Gasteiger partial charge in [-0.25, -0.2) is 4.79 Å². The number of carbonyl (C=O) groups is 1. The van der Waals surface area contributed by atoms with Crippen LogP contribution in [0.3, 0.4) is 0 Å². The predicted octanol–water partition coefficient (Wildman–Crippen LogP) is 3.42. The second kappa shape index (κ2) is 5.56. The number of hydrogen-bond acceptors (Lipinski definition) is 2. The van der Waals surface area contributed by atoms with Gasteiger partial charge in [0.2, 0.25) is 0 Å². The van der Waals surface area contributed by atoms with Crippen molar-refractivity contribution in [3.8, 4) is 0 Å². The highest BCUT2D eigenvalue weighted by molar-refractivity contribution is 6.33. The molecule has 4 heteroatoms. The van der Waals surface area contributed by atoms with Crippen LogP contribution in [0.4, 0.5) is 5.69 Å². The molecule has 0 heterocycles. The smallest absolute Gasteiger partial charge is 0.335 e. The van der Waals surface area contributed by atoms with E-state index in [1.807, 2.05) is 19.9 Å². The van der Waals surface area contributed by atoms with Crippen molar-refractivity contribution < 1.29 is 9.90 Å². The lowest BCUT2D eigenvalue weighted by atomic mass is 10.2. The molecular weight excluding hydrogens is 226 g/mol. The van der Waals surface area contributed by atoms with Crippen molar-refractivity contribution in [2.24, 2.45) is 0 Å². The monoisotopic (exact) mass is 239 g/mol. The average Bonchev–Trinajstić information content (AvgIpc) is 2.19. The quantitative estimate of drug-likeness (QED) is 0.792. The van der Waals surface area contributed by atoms with Gasteiger partial charge in [0.15, 0.2) is 0 Å². The maximum Gasteiger partial charge on any atom is 0.335 e. The summed E-state index contributed by atoms with van der Waals surface area (Å²) < 4.78 is 0. The molecule has 0 spiro atoms. The first-order valence-electron chi connectivity index (χ1n) is 4.91. The van der Waals surface area contributed by atoms with E-state index in [4.69, 9.17) is 16.7 Å². The van der Waals surface area contributed by atoms with Gasteiger partial charge in [0.05, 0.1) is 16.3 Å². The summed E-state index contributed by atoms with van der Waals surface area (Å²) in [6.07, 6.45) is 2.03. The lowest BCUT2D eigenvalue weighted by molar-refractivity contribution is 0.0697. The van der Waals surface area contributed by atoms with Crippen molar-refractivity contribution in [3.05, 3.63) is 40.4 Å². The van der Waals surface area contributed by atoms with Crippen molar-refractivity contribution >= 4 is 23.3 Å². The molecule has 1 aromatic rings. The molecule has 0 aromatic heterocycles. The summed E-state index contributed by atoms with van der Waals surface area (Å²) in [7, 11) is 0. The van der Waals surface area contributed by atoms with E-state index in [2.05, 4.69) is 5.32 Å². The Kier molecular flexibility index (Phi) is 4.38. The van der Waals surface area contributed by atoms with Gasteiger partial charge in [-0.2, -0.15) is 0 Å². The van der Waals surface area contributed by atoms with Crippen LogP contribution in [0.1, 0.15) is 24.2 Å². The van der Waals surface area contributed by atoms with E-state index >= 15 is 0 Å². The lowest BCUT2D eigenvalue weighted by Gasteiger charge is -2.06. The van der Waals surface area contributed by atoms with E-state index in [1.54, 1.807) is 6.07 Å². The van der Waals surface area contributed by atoms with E-state index in [9.17, 15) is 4.79 Å². The normalized spacial score (nSPS) is 9.69. The highest BCUT2D eigenvalue weighted by atomic mass is 35.5. The number of allylic oxidation sites excluding steroid dienone is 1. The molecule has 0 bridgehead atoms. The number of rotatable bonds is 4. The zero-order valence-corrected chi connectivity index (χ0v) is 10.0. The highest BCUT2D eigenvalue weighted by Crippen LogP contribution is 2.22. The lowest BCUT2D eigenvalue weighted by Crippen LogP contribution is -2.01. The summed E-state index contributed by atoms with van der Waals surface area (Å²) in [6, 6.07) is 4.64. The minimum atomic E-state index is -0.974. The van der Waals surface area contributed by atoms with Gasteiger partial charge in [-0.05, 0) is 32.0 Å². The van der Waals surface area contributed by atoms with Gasteiger partial charge in [-0.1, -0.05) is 23.3 Å². The number of carboxylic acid groups (broad SMARTS) is 1. The fourth-order valence-corrected chi connectivity index (χ4v) is 1.40. The summed E-state index contributed by atoms with van der Waals surface area (Å²) in [6.45, 7) is 4.70. The van der Waals surface area contributed by atoms with Crippen LogP contribution >= 0.6 is 11.6 Å². The van der Waals surface area contributed by atoms with Gasteiger partial charge in [0, 0.05) is 6.54 Å². The fraction of sp³-hybridized carbons (Fsp3) is 0.250. The maximum absolute atomic E-state index is 10.7. The predicted molar refractivity (Wildman–Crippen MR) is 66.3 cm³/mol. The summed E-state index contributed by atoms with van der Waals surface area (Å²) in [5.74, 6) is -0.974. The zero-order chi connectivity index (χ0) is 12.1. The minimum absolute atomic E-state index is 0.192. The van der Waals surface area contributed by atoms with Gasteiger partial charge in [0.1, 0.15) is 0 Å². The molecule has 0 aliphatic carbocycles. The van der Waals surface area contributed by atoms with Crippen molar-refractivity contribution in [3.63, 3.8) is 0 Å². The van der Waals surface area contributed by atoms with Crippen molar-refractivity contribution in [2.75, 3.05) is 11.9 Å². The van der Waals surface area contributed by atoms with E-state index in [0.717, 1.165) is 5.69 Å². The summed E-state index contributed by atoms with van der Waals surface area (Å²) in [5, 5.41) is 12.3. The molecule has 3 nitrogen and oxygen atoms in total. The van der Waals surface area contributed by atoms with Crippen LogP contribution in [-0.2, 0) is 0 Å². The Balaban J connectivity index is 2.75. The largest absolute Gasteiger partial charge is 0.478 e. The molecule has 1 aromatic carbocycles. The van der Waals surface area contributed by atoms with Gasteiger partial charge in [0.25, 0.3) is 0 Å². The Labute approximate surface area is 99.7 Å². The third-order valence-corrected chi connectivity index (χ3v) is 2.33. The molecule has 0 aliphatic heterocycles. The van der Waals surface area contributed by atoms with Crippen molar-refractivity contribution in [2.45, 2.75) is 13.8 Å². The van der Waals surface area contributed by atoms with Crippen LogP contribution in [0.5, 0.6) is 0 Å². The Morgan fingerprint density at radius 3 is 2.69 bits per heavy atom. The molecule has 1 rings (SSSR count). The van der Waals surface area contributed by atoms with E-state index in [1.165, 1.54) is 17.7 Å². The molecule has 2 N–H and O–H groups in total. The Hall–Kier alpha value is -1.48. The molecule has 0 unspecified atom stereocenters. The van der Waals surface area contributed by atoms with E-state index in [0.29, 0.717) is 11.6 Å². The van der Waals surface area contributed by atoms with E-state index in [-0.39, 0.29) is 5.56 Å². The second-order valence-corrected chi connectivity index (χ2v) is 4.07. The second-order valence-electron chi connectivity index (χ2n) is 3.66. The molecule has 0 saturated carbocycles. The first kappa shape index (κ1) is 12.6. The molecular formula is C12H14ClNO2. The van der Waals surface area contributed by atoms with Crippen LogP contribution in [-0.4, -0.2) is 17.6 Å². The van der Waals surface area contributed by atoms with Crippen LogP contribution < -0.4 is 5.32 Å². The molecule has 0 aliphatic rings. The third kappa shape index (κ3) is 3.59. The molecule has 86 valence electrons. The molecule has 0 amide bonds. The number of anilines is 1. The molecule has 0 radical (unpaired) electrons. The number of halogens is 1. The Bertz CT molecular complexity index is 423. The first-order chi connectivity index (χ1) is 7.50. The van der Waals surface area contributed by atoms with Crippen LogP contribution in [0.15, 0.2) is 29.8 Å². The average molecular weight is 240 g/mol. The maximum atomic E-state index is 10.7. The standard InChI is InChI=1S/C12H14ClNO2/c1-8(2)5-6-14-11-4-3-9(12(15)16)7-10(11)13/h3-5,7,14H,6H2,1-2H3,(H,15,16). The number of hydrogen-bond donors (Lipinski definition) is 2. The van der Waals surface area contributed by atoms with Gasteiger partial charge in [-0.15, -0.1) is 0 Å². The van der Waals surface area contributed by atoms with Gasteiger partial charge < -0.3 is 10.4 Å². The SMILES string of the molecule is CC(C)=CCNc1ccc(C(=O)O)cc1Cl. The number of nitrogens with one attached hydrogen (secondary N) is 1. The van der Waals surface area contributed by atoms with Gasteiger partial charge >= 0.3 is 5.97 Å². The number of aromatic carboxylic acids is 1. The third-order valence-electron chi connectivity index (χ3n) is 2.02. The molecule has 16 heavy (non-hydrogen) atoms. The minimum Gasteiger partial charge on any atom is -0.478 e.